The molecule has 1 heterocycles. The second-order valence-electron chi connectivity index (χ2n) is 7.03. The molecule has 0 radical (unpaired) electrons. The second-order valence-corrected chi connectivity index (χ2v) is 7.03. The number of halogens is 1. The lowest BCUT2D eigenvalue weighted by atomic mass is 10.1. The van der Waals surface area contributed by atoms with Gasteiger partial charge in [0.1, 0.15) is 12.4 Å². The quantitative estimate of drug-likeness (QED) is 0.214. The first kappa shape index (κ1) is 25.9. The topological polar surface area (TPSA) is 67.4 Å². The fraction of sp³-hybridized carbons (Fsp3) is 0.667. The van der Waals surface area contributed by atoms with Gasteiger partial charge in [-0.15, -0.1) is 24.0 Å². The van der Waals surface area contributed by atoms with Gasteiger partial charge in [-0.3, -0.25) is 4.90 Å². The van der Waals surface area contributed by atoms with Crippen LogP contribution >= 0.6 is 24.0 Å². The molecule has 0 aromatic heterocycles. The minimum Gasteiger partial charge on any atom is -0.491 e. The van der Waals surface area contributed by atoms with Crippen molar-refractivity contribution in [3.8, 4) is 5.75 Å². The molecule has 1 atom stereocenters. The van der Waals surface area contributed by atoms with Crippen LogP contribution in [0.5, 0.6) is 5.75 Å². The van der Waals surface area contributed by atoms with Crippen LogP contribution in [0, 0.1) is 6.92 Å². The van der Waals surface area contributed by atoms with E-state index in [0.29, 0.717) is 25.8 Å². The Labute approximate surface area is 192 Å². The number of aliphatic imine (C=N–C) groups is 1. The third-order valence-electron chi connectivity index (χ3n) is 4.75. The molecule has 1 aliphatic rings. The van der Waals surface area contributed by atoms with Gasteiger partial charge in [0.05, 0.1) is 26.4 Å². The van der Waals surface area contributed by atoms with Gasteiger partial charge in [-0.05, 0) is 32.4 Å². The Balaban J connectivity index is 0.00000420. The van der Waals surface area contributed by atoms with E-state index in [2.05, 4.69) is 54.5 Å². The van der Waals surface area contributed by atoms with Crippen LogP contribution in [0.4, 0.5) is 0 Å². The fourth-order valence-corrected chi connectivity index (χ4v) is 3.06. The number of morpholine rings is 1. The van der Waals surface area contributed by atoms with E-state index < -0.39 is 0 Å². The van der Waals surface area contributed by atoms with Crippen molar-refractivity contribution in [1.29, 1.82) is 0 Å². The standard InChI is InChI=1S/C21H36N4O3.HI/c1-5-22-21(23-15-18(3)25-8-10-27-11-9-25)24-16-19-7-6-17(2)14-20(19)28-13-12-26-4;/h6-7,14,18H,5,8-13,15-16H2,1-4H3,(H2,22,23,24);1H. The van der Waals surface area contributed by atoms with Crippen molar-refractivity contribution < 1.29 is 14.2 Å². The summed E-state index contributed by atoms with van der Waals surface area (Å²) in [6.45, 7) is 13.3. The molecule has 0 aliphatic carbocycles. The average Bonchev–Trinajstić information content (AvgIpc) is 2.71. The number of methoxy groups -OCH3 is 1. The number of hydrogen-bond donors (Lipinski definition) is 2. The number of nitrogens with zero attached hydrogens (tertiary/aromatic N) is 2. The SMILES string of the molecule is CCNC(=NCc1ccc(C)cc1OCCOC)NCC(C)N1CCOCC1.I. The average molecular weight is 520 g/mol. The summed E-state index contributed by atoms with van der Waals surface area (Å²) in [5.41, 5.74) is 2.24. The van der Waals surface area contributed by atoms with Crippen molar-refractivity contribution in [3.63, 3.8) is 0 Å². The molecule has 7 nitrogen and oxygen atoms in total. The van der Waals surface area contributed by atoms with Crippen molar-refractivity contribution in [1.82, 2.24) is 15.5 Å². The summed E-state index contributed by atoms with van der Waals surface area (Å²) in [5, 5.41) is 6.80. The Morgan fingerprint density at radius 3 is 2.69 bits per heavy atom. The van der Waals surface area contributed by atoms with Crippen LogP contribution in [-0.4, -0.2) is 76.6 Å². The van der Waals surface area contributed by atoms with Gasteiger partial charge in [-0.1, -0.05) is 12.1 Å². The summed E-state index contributed by atoms with van der Waals surface area (Å²) in [5.74, 6) is 1.70. The van der Waals surface area contributed by atoms with E-state index >= 15 is 0 Å². The highest BCUT2D eigenvalue weighted by atomic mass is 127. The van der Waals surface area contributed by atoms with E-state index in [9.17, 15) is 0 Å². The first-order valence-corrected chi connectivity index (χ1v) is 10.2. The molecule has 2 rings (SSSR count). The van der Waals surface area contributed by atoms with Crippen molar-refractivity contribution in [2.45, 2.75) is 33.4 Å². The van der Waals surface area contributed by atoms with Crippen LogP contribution < -0.4 is 15.4 Å². The monoisotopic (exact) mass is 520 g/mol. The highest BCUT2D eigenvalue weighted by Crippen LogP contribution is 2.21. The third kappa shape index (κ3) is 9.50. The molecule has 1 saturated heterocycles. The zero-order valence-electron chi connectivity index (χ0n) is 18.2. The summed E-state index contributed by atoms with van der Waals surface area (Å²) in [4.78, 5) is 7.21. The van der Waals surface area contributed by atoms with Crippen LogP contribution in [-0.2, 0) is 16.0 Å². The molecule has 166 valence electrons. The van der Waals surface area contributed by atoms with Gasteiger partial charge < -0.3 is 24.8 Å². The van der Waals surface area contributed by atoms with Crippen LogP contribution in [0.1, 0.15) is 25.0 Å². The van der Waals surface area contributed by atoms with E-state index in [-0.39, 0.29) is 24.0 Å². The summed E-state index contributed by atoms with van der Waals surface area (Å²) >= 11 is 0. The van der Waals surface area contributed by atoms with Gasteiger partial charge in [0.2, 0.25) is 0 Å². The molecule has 1 unspecified atom stereocenters. The summed E-state index contributed by atoms with van der Waals surface area (Å²) in [6.07, 6.45) is 0. The number of rotatable bonds is 10. The van der Waals surface area contributed by atoms with Crippen molar-refractivity contribution in [2.24, 2.45) is 4.99 Å². The van der Waals surface area contributed by atoms with Crippen molar-refractivity contribution in [2.75, 3.05) is 59.7 Å². The van der Waals surface area contributed by atoms with Gasteiger partial charge >= 0.3 is 0 Å². The molecule has 0 spiro atoms. The number of nitrogens with one attached hydrogen (secondary N) is 2. The normalized spacial score (nSPS) is 16.1. The van der Waals surface area contributed by atoms with E-state index in [0.717, 1.165) is 56.7 Å². The fourth-order valence-electron chi connectivity index (χ4n) is 3.06. The lowest BCUT2D eigenvalue weighted by Gasteiger charge is -2.32. The maximum absolute atomic E-state index is 5.87. The van der Waals surface area contributed by atoms with Gasteiger partial charge in [-0.25, -0.2) is 4.99 Å². The molecule has 1 fully saturated rings. The molecule has 1 aromatic carbocycles. The largest absolute Gasteiger partial charge is 0.491 e. The van der Waals surface area contributed by atoms with Crippen LogP contribution in [0.3, 0.4) is 0 Å². The van der Waals surface area contributed by atoms with Crippen LogP contribution in [0.25, 0.3) is 0 Å². The Bertz CT molecular complexity index is 610. The maximum Gasteiger partial charge on any atom is 0.191 e. The third-order valence-corrected chi connectivity index (χ3v) is 4.75. The lowest BCUT2D eigenvalue weighted by Crippen LogP contribution is -2.49. The van der Waals surface area contributed by atoms with Gasteiger partial charge in [0, 0.05) is 44.9 Å². The molecule has 0 bridgehead atoms. The zero-order chi connectivity index (χ0) is 20.2. The molecule has 1 aromatic rings. The summed E-state index contributed by atoms with van der Waals surface area (Å²) in [6, 6.07) is 6.66. The predicted molar refractivity (Wildman–Crippen MR) is 129 cm³/mol. The van der Waals surface area contributed by atoms with Gasteiger partial charge in [-0.2, -0.15) is 0 Å². The first-order valence-electron chi connectivity index (χ1n) is 10.2. The summed E-state index contributed by atoms with van der Waals surface area (Å²) in [7, 11) is 1.68. The summed E-state index contributed by atoms with van der Waals surface area (Å²) < 4.78 is 16.4. The minimum absolute atomic E-state index is 0. The van der Waals surface area contributed by atoms with Gasteiger partial charge in [0.15, 0.2) is 5.96 Å². The van der Waals surface area contributed by atoms with E-state index in [1.807, 2.05) is 0 Å². The van der Waals surface area contributed by atoms with Crippen molar-refractivity contribution in [3.05, 3.63) is 29.3 Å². The number of guanidine groups is 1. The zero-order valence-corrected chi connectivity index (χ0v) is 20.5. The molecule has 8 heteroatoms. The smallest absolute Gasteiger partial charge is 0.191 e. The number of hydrogen-bond acceptors (Lipinski definition) is 5. The highest BCUT2D eigenvalue weighted by Gasteiger charge is 2.17. The molecule has 0 saturated carbocycles. The Kier molecular flexibility index (Phi) is 13.2. The highest BCUT2D eigenvalue weighted by molar-refractivity contribution is 14.0. The molecule has 29 heavy (non-hydrogen) atoms. The lowest BCUT2D eigenvalue weighted by molar-refractivity contribution is 0.0211. The van der Waals surface area contributed by atoms with Crippen molar-refractivity contribution >= 4 is 29.9 Å². The molecule has 1 aliphatic heterocycles. The maximum atomic E-state index is 5.87. The van der Waals surface area contributed by atoms with Crippen LogP contribution in [0.2, 0.25) is 0 Å². The molecule has 2 N–H and O–H groups in total. The predicted octanol–water partition coefficient (Wildman–Crippen LogP) is 2.41. The van der Waals surface area contributed by atoms with Crippen LogP contribution in [0.15, 0.2) is 23.2 Å². The second kappa shape index (κ2) is 14.8. The Hall–Kier alpha value is -1.10. The Morgan fingerprint density at radius 1 is 1.24 bits per heavy atom. The number of benzene rings is 1. The number of ether oxygens (including phenoxy) is 3. The number of aryl methyl sites for hydroxylation is 1. The Morgan fingerprint density at radius 2 is 2.00 bits per heavy atom. The van der Waals surface area contributed by atoms with E-state index in [4.69, 9.17) is 19.2 Å². The molecular weight excluding hydrogens is 483 g/mol. The van der Waals surface area contributed by atoms with Gasteiger partial charge in [0.25, 0.3) is 0 Å². The van der Waals surface area contributed by atoms with E-state index in [1.54, 1.807) is 7.11 Å². The van der Waals surface area contributed by atoms with E-state index in [1.165, 1.54) is 5.56 Å². The molecule has 0 amide bonds. The first-order chi connectivity index (χ1) is 13.6. The molecular formula is C21H37IN4O3. The minimum atomic E-state index is 0.